The van der Waals surface area contributed by atoms with Crippen LogP contribution in [-0.4, -0.2) is 36.2 Å². The topological polar surface area (TPSA) is 41.3 Å². The lowest BCUT2D eigenvalue weighted by Crippen LogP contribution is -2.29. The van der Waals surface area contributed by atoms with Gasteiger partial charge in [-0.3, -0.25) is 4.90 Å². The minimum Gasteiger partial charge on any atom is -0.359 e. The van der Waals surface area contributed by atoms with Gasteiger partial charge in [-0.25, -0.2) is 0 Å². The van der Waals surface area contributed by atoms with Crippen molar-refractivity contribution >= 4 is 0 Å². The van der Waals surface area contributed by atoms with Crippen LogP contribution >= 0.6 is 0 Å². The quantitative estimate of drug-likeness (QED) is 0.911. The monoisotopic (exact) mass is 257 g/mol. The summed E-state index contributed by atoms with van der Waals surface area (Å²) in [7, 11) is 2.02. The van der Waals surface area contributed by atoms with Crippen LogP contribution in [0.3, 0.4) is 0 Å². The van der Waals surface area contributed by atoms with Crippen LogP contribution < -0.4 is 5.32 Å². The molecule has 3 rings (SSSR count). The van der Waals surface area contributed by atoms with Gasteiger partial charge in [0, 0.05) is 30.8 Å². The standard InChI is InChI=1S/C15H19N3O/c1-16-13-7-8-18(10-13)11-14-9-15(17-19-14)12-5-3-2-4-6-12/h2-6,9,13,16H,7-8,10-11H2,1H3. The highest BCUT2D eigenvalue weighted by Crippen LogP contribution is 2.20. The molecule has 100 valence electrons. The molecule has 1 aliphatic rings. The molecule has 2 aromatic rings. The molecule has 1 unspecified atom stereocenters. The summed E-state index contributed by atoms with van der Waals surface area (Å²) in [6, 6.07) is 12.8. The largest absolute Gasteiger partial charge is 0.359 e. The first kappa shape index (κ1) is 12.4. The smallest absolute Gasteiger partial charge is 0.151 e. The number of likely N-dealkylation sites (N-methyl/N-ethyl adjacent to an activating group) is 1. The summed E-state index contributed by atoms with van der Waals surface area (Å²) in [4.78, 5) is 2.40. The van der Waals surface area contributed by atoms with Gasteiger partial charge in [0.1, 0.15) is 5.69 Å². The first-order chi connectivity index (χ1) is 9.35. The number of hydrogen-bond acceptors (Lipinski definition) is 4. The molecule has 1 aliphatic heterocycles. The molecule has 4 heteroatoms. The molecular weight excluding hydrogens is 238 g/mol. The van der Waals surface area contributed by atoms with Gasteiger partial charge < -0.3 is 9.84 Å². The Bertz CT molecular complexity index is 523. The van der Waals surface area contributed by atoms with Gasteiger partial charge in [0.05, 0.1) is 6.54 Å². The Morgan fingerprint density at radius 1 is 1.37 bits per heavy atom. The molecule has 1 aromatic carbocycles. The Hall–Kier alpha value is -1.65. The Labute approximate surface area is 113 Å². The number of likely N-dealkylation sites (tertiary alicyclic amines) is 1. The fraction of sp³-hybridized carbons (Fsp3) is 0.400. The van der Waals surface area contributed by atoms with Crippen LogP contribution in [0.25, 0.3) is 11.3 Å². The highest BCUT2D eigenvalue weighted by molar-refractivity contribution is 5.58. The molecule has 4 nitrogen and oxygen atoms in total. The van der Waals surface area contributed by atoms with E-state index in [1.54, 1.807) is 0 Å². The van der Waals surface area contributed by atoms with Gasteiger partial charge in [-0.15, -0.1) is 0 Å². The molecule has 1 atom stereocenters. The fourth-order valence-corrected chi connectivity index (χ4v) is 2.56. The summed E-state index contributed by atoms with van der Waals surface area (Å²) in [6.45, 7) is 3.04. The van der Waals surface area contributed by atoms with Crippen LogP contribution in [0.2, 0.25) is 0 Å². The zero-order valence-electron chi connectivity index (χ0n) is 11.2. The van der Waals surface area contributed by atoms with E-state index in [0.29, 0.717) is 6.04 Å². The average molecular weight is 257 g/mol. The van der Waals surface area contributed by atoms with Gasteiger partial charge in [0.2, 0.25) is 0 Å². The zero-order valence-corrected chi connectivity index (χ0v) is 11.2. The summed E-state index contributed by atoms with van der Waals surface area (Å²) >= 11 is 0. The number of rotatable bonds is 4. The number of hydrogen-bond donors (Lipinski definition) is 1. The molecule has 1 aromatic heterocycles. The van der Waals surface area contributed by atoms with E-state index < -0.39 is 0 Å². The van der Waals surface area contributed by atoms with E-state index in [4.69, 9.17) is 4.52 Å². The summed E-state index contributed by atoms with van der Waals surface area (Å²) in [5, 5.41) is 7.47. The van der Waals surface area contributed by atoms with Crippen LogP contribution in [0, 0.1) is 0 Å². The first-order valence-corrected chi connectivity index (χ1v) is 6.76. The molecule has 0 saturated carbocycles. The van der Waals surface area contributed by atoms with Gasteiger partial charge in [0.25, 0.3) is 0 Å². The van der Waals surface area contributed by atoms with Crippen molar-refractivity contribution in [2.45, 2.75) is 19.0 Å². The highest BCUT2D eigenvalue weighted by atomic mass is 16.5. The van der Waals surface area contributed by atoms with E-state index in [1.807, 2.05) is 31.3 Å². The van der Waals surface area contributed by atoms with Crippen molar-refractivity contribution in [2.75, 3.05) is 20.1 Å². The number of aromatic nitrogens is 1. The van der Waals surface area contributed by atoms with Crippen molar-refractivity contribution in [2.24, 2.45) is 0 Å². The maximum absolute atomic E-state index is 5.44. The third-order valence-corrected chi connectivity index (χ3v) is 3.69. The number of nitrogens with zero attached hydrogens (tertiary/aromatic N) is 2. The van der Waals surface area contributed by atoms with Crippen LogP contribution in [0.5, 0.6) is 0 Å². The van der Waals surface area contributed by atoms with Crippen molar-refractivity contribution in [1.82, 2.24) is 15.4 Å². The number of benzene rings is 1. The van der Waals surface area contributed by atoms with Gasteiger partial charge in [-0.2, -0.15) is 0 Å². The lowest BCUT2D eigenvalue weighted by atomic mass is 10.1. The molecule has 1 fully saturated rings. The maximum atomic E-state index is 5.44. The van der Waals surface area contributed by atoms with Crippen molar-refractivity contribution in [1.29, 1.82) is 0 Å². The predicted molar refractivity (Wildman–Crippen MR) is 74.7 cm³/mol. The van der Waals surface area contributed by atoms with Crippen molar-refractivity contribution in [3.63, 3.8) is 0 Å². The van der Waals surface area contributed by atoms with Crippen molar-refractivity contribution < 1.29 is 4.52 Å². The first-order valence-electron chi connectivity index (χ1n) is 6.76. The van der Waals surface area contributed by atoms with Gasteiger partial charge in [0.15, 0.2) is 5.76 Å². The average Bonchev–Trinajstić information content (AvgIpc) is 3.09. The SMILES string of the molecule is CNC1CCN(Cc2cc(-c3ccccc3)no2)C1. The lowest BCUT2D eigenvalue weighted by molar-refractivity contribution is 0.269. The van der Waals surface area contributed by atoms with Crippen LogP contribution in [0.1, 0.15) is 12.2 Å². The Balaban J connectivity index is 1.66. The Kier molecular flexibility index (Phi) is 3.62. The van der Waals surface area contributed by atoms with Crippen LogP contribution in [0.15, 0.2) is 40.9 Å². The highest BCUT2D eigenvalue weighted by Gasteiger charge is 2.22. The third kappa shape index (κ3) is 2.85. The summed E-state index contributed by atoms with van der Waals surface area (Å²) in [5.74, 6) is 0.940. The summed E-state index contributed by atoms with van der Waals surface area (Å²) < 4.78 is 5.44. The van der Waals surface area contributed by atoms with Crippen LogP contribution in [-0.2, 0) is 6.54 Å². The van der Waals surface area contributed by atoms with Gasteiger partial charge >= 0.3 is 0 Å². The van der Waals surface area contributed by atoms with E-state index in [0.717, 1.165) is 36.7 Å². The second kappa shape index (κ2) is 5.55. The minimum atomic E-state index is 0.608. The van der Waals surface area contributed by atoms with E-state index in [9.17, 15) is 0 Å². The van der Waals surface area contributed by atoms with E-state index in [-0.39, 0.29) is 0 Å². The normalized spacial score (nSPS) is 19.9. The van der Waals surface area contributed by atoms with E-state index in [1.165, 1.54) is 6.42 Å². The molecule has 1 N–H and O–H groups in total. The summed E-state index contributed by atoms with van der Waals surface area (Å²) in [5.41, 5.74) is 2.02. The molecular formula is C15H19N3O. The minimum absolute atomic E-state index is 0.608. The molecule has 2 heterocycles. The molecule has 1 saturated heterocycles. The number of nitrogens with one attached hydrogen (secondary N) is 1. The molecule has 19 heavy (non-hydrogen) atoms. The zero-order chi connectivity index (χ0) is 13.1. The fourth-order valence-electron chi connectivity index (χ4n) is 2.56. The maximum Gasteiger partial charge on any atom is 0.151 e. The molecule has 0 radical (unpaired) electrons. The van der Waals surface area contributed by atoms with E-state index in [2.05, 4.69) is 27.5 Å². The Morgan fingerprint density at radius 3 is 2.95 bits per heavy atom. The molecule has 0 amide bonds. The second-order valence-corrected chi connectivity index (χ2v) is 5.05. The predicted octanol–water partition coefficient (Wildman–Crippen LogP) is 2.14. The van der Waals surface area contributed by atoms with Gasteiger partial charge in [-0.1, -0.05) is 35.5 Å². The van der Waals surface area contributed by atoms with Crippen molar-refractivity contribution in [3.8, 4) is 11.3 Å². The lowest BCUT2D eigenvalue weighted by Gasteiger charge is -2.13. The molecule has 0 spiro atoms. The van der Waals surface area contributed by atoms with Gasteiger partial charge in [-0.05, 0) is 13.5 Å². The summed E-state index contributed by atoms with van der Waals surface area (Å²) in [6.07, 6.45) is 1.20. The Morgan fingerprint density at radius 2 is 2.21 bits per heavy atom. The molecule has 0 aliphatic carbocycles. The molecule has 0 bridgehead atoms. The third-order valence-electron chi connectivity index (χ3n) is 3.69. The second-order valence-electron chi connectivity index (χ2n) is 5.05. The van der Waals surface area contributed by atoms with E-state index >= 15 is 0 Å². The van der Waals surface area contributed by atoms with Crippen molar-refractivity contribution in [3.05, 3.63) is 42.2 Å². The van der Waals surface area contributed by atoms with Crippen LogP contribution in [0.4, 0.5) is 0 Å².